The van der Waals surface area contributed by atoms with Crippen LogP contribution >= 0.6 is 11.5 Å². The lowest BCUT2D eigenvalue weighted by atomic mass is 10.1. The maximum absolute atomic E-state index is 14.1. The zero-order valence-corrected chi connectivity index (χ0v) is 16.0. The van der Waals surface area contributed by atoms with E-state index in [1.807, 2.05) is 6.92 Å². The summed E-state index contributed by atoms with van der Waals surface area (Å²) in [5.74, 6) is -0.960. The van der Waals surface area contributed by atoms with Crippen molar-refractivity contribution in [3.63, 3.8) is 0 Å². The van der Waals surface area contributed by atoms with E-state index in [2.05, 4.69) is 9.59 Å². The Hall–Kier alpha value is -1.87. The molecule has 9 heteroatoms. The number of rotatable bonds is 4. The third kappa shape index (κ3) is 3.78. The van der Waals surface area contributed by atoms with Gasteiger partial charge in [-0.2, -0.15) is 0 Å². The van der Waals surface area contributed by atoms with Crippen LogP contribution in [-0.4, -0.2) is 47.7 Å². The van der Waals surface area contributed by atoms with Gasteiger partial charge in [0, 0.05) is 18.7 Å². The predicted octanol–water partition coefficient (Wildman–Crippen LogP) is 2.63. The number of aromatic nitrogens is 2. The van der Waals surface area contributed by atoms with Crippen molar-refractivity contribution in [3.05, 3.63) is 46.2 Å². The number of carbonyl (C=O) groups excluding carboxylic acids is 1. The summed E-state index contributed by atoms with van der Waals surface area (Å²) in [6.45, 7) is 2.33. The Balaban J connectivity index is 1.83. The molecule has 1 amide bonds. The van der Waals surface area contributed by atoms with Crippen LogP contribution in [0, 0.1) is 5.82 Å². The molecule has 3 rings (SSSR count). The highest BCUT2D eigenvalue weighted by Gasteiger charge is 2.35. The van der Waals surface area contributed by atoms with Gasteiger partial charge in [0.25, 0.3) is 5.91 Å². The fraction of sp³-hybridized carbons (Fsp3) is 0.471. The Morgan fingerprint density at radius 1 is 1.35 bits per heavy atom. The number of nitrogens with zero attached hydrogens (tertiary/aromatic N) is 3. The molecule has 0 saturated carbocycles. The number of hydrogen-bond donors (Lipinski definition) is 0. The van der Waals surface area contributed by atoms with Crippen LogP contribution in [0.25, 0.3) is 0 Å². The lowest BCUT2D eigenvalue weighted by Crippen LogP contribution is -2.33. The second-order valence-corrected chi connectivity index (χ2v) is 9.31. The molecule has 0 spiro atoms. The molecule has 0 radical (unpaired) electrons. The van der Waals surface area contributed by atoms with Gasteiger partial charge in [0.2, 0.25) is 0 Å². The maximum Gasteiger partial charge on any atom is 0.267 e. The molecule has 0 N–H and O–H groups in total. The zero-order valence-electron chi connectivity index (χ0n) is 14.4. The number of benzene rings is 1. The monoisotopic (exact) mass is 397 g/mol. The Bertz CT molecular complexity index is 898. The van der Waals surface area contributed by atoms with E-state index in [0.717, 1.165) is 18.0 Å². The minimum atomic E-state index is -3.55. The van der Waals surface area contributed by atoms with E-state index in [9.17, 15) is 17.6 Å². The second-order valence-electron chi connectivity index (χ2n) is 6.26. The predicted molar refractivity (Wildman–Crippen MR) is 97.4 cm³/mol. The lowest BCUT2D eigenvalue weighted by molar-refractivity contribution is 0.0770. The highest BCUT2D eigenvalue weighted by Crippen LogP contribution is 2.31. The van der Waals surface area contributed by atoms with Crippen molar-refractivity contribution in [2.45, 2.75) is 31.4 Å². The highest BCUT2D eigenvalue weighted by atomic mass is 32.2. The molecule has 2 aromatic rings. The first-order chi connectivity index (χ1) is 12.4. The van der Waals surface area contributed by atoms with Gasteiger partial charge in [0.15, 0.2) is 9.84 Å². The van der Waals surface area contributed by atoms with Crippen LogP contribution < -0.4 is 0 Å². The van der Waals surface area contributed by atoms with Crippen molar-refractivity contribution < 1.29 is 17.6 Å². The molecular formula is C17H20FN3O3S2. The quantitative estimate of drug-likeness (QED) is 0.792. The zero-order chi connectivity index (χ0) is 18.7. The molecule has 1 saturated heterocycles. The van der Waals surface area contributed by atoms with Gasteiger partial charge in [-0.25, -0.2) is 12.8 Å². The molecule has 0 aliphatic carbocycles. The van der Waals surface area contributed by atoms with E-state index in [0.29, 0.717) is 17.0 Å². The van der Waals surface area contributed by atoms with Gasteiger partial charge in [-0.1, -0.05) is 36.0 Å². The van der Waals surface area contributed by atoms with Crippen LogP contribution in [0.2, 0.25) is 0 Å². The van der Waals surface area contributed by atoms with Crippen molar-refractivity contribution in [2.24, 2.45) is 0 Å². The minimum absolute atomic E-state index is 0.0928. The molecule has 6 nitrogen and oxygen atoms in total. The van der Waals surface area contributed by atoms with Gasteiger partial charge in [-0.15, -0.1) is 5.10 Å². The number of carbonyl (C=O) groups is 1. The summed E-state index contributed by atoms with van der Waals surface area (Å²) in [7, 11) is -3.55. The first kappa shape index (κ1) is 18.9. The summed E-state index contributed by atoms with van der Waals surface area (Å²) in [5.41, 5.74) is 0.827. The first-order valence-corrected chi connectivity index (χ1v) is 11.0. The van der Waals surface area contributed by atoms with E-state index in [1.165, 1.54) is 23.1 Å². The average molecular weight is 397 g/mol. The van der Waals surface area contributed by atoms with Crippen molar-refractivity contribution in [1.29, 1.82) is 0 Å². The molecule has 0 unspecified atom stereocenters. The van der Waals surface area contributed by atoms with E-state index in [4.69, 9.17) is 0 Å². The van der Waals surface area contributed by atoms with Crippen LogP contribution in [-0.2, 0) is 16.3 Å². The Kier molecular flexibility index (Phi) is 5.67. The van der Waals surface area contributed by atoms with E-state index in [1.54, 1.807) is 6.07 Å². The van der Waals surface area contributed by atoms with E-state index >= 15 is 0 Å². The lowest BCUT2D eigenvalue weighted by Gasteiger charge is -2.19. The molecule has 0 bridgehead atoms. The Labute approximate surface area is 156 Å². The van der Waals surface area contributed by atoms with Crippen molar-refractivity contribution in [2.75, 3.05) is 18.8 Å². The van der Waals surface area contributed by atoms with Gasteiger partial charge in [-0.3, -0.25) is 4.79 Å². The normalized spacial score (nSPS) is 19.9. The molecule has 140 valence electrons. The molecule has 1 fully saturated rings. The Morgan fingerprint density at radius 2 is 2.12 bits per heavy atom. The topological polar surface area (TPSA) is 80.2 Å². The molecule has 26 heavy (non-hydrogen) atoms. The third-order valence-electron chi connectivity index (χ3n) is 4.52. The van der Waals surface area contributed by atoms with Crippen LogP contribution in [0.15, 0.2) is 24.3 Å². The number of halogens is 1. The molecule has 1 aromatic heterocycles. The first-order valence-electron chi connectivity index (χ1n) is 8.50. The van der Waals surface area contributed by atoms with E-state index in [-0.39, 0.29) is 36.7 Å². The minimum Gasteiger partial charge on any atom is -0.337 e. The van der Waals surface area contributed by atoms with Crippen molar-refractivity contribution in [3.8, 4) is 0 Å². The van der Waals surface area contributed by atoms with Gasteiger partial charge in [0.05, 0.1) is 16.7 Å². The fourth-order valence-corrected chi connectivity index (χ4v) is 5.63. The van der Waals surface area contributed by atoms with Crippen LogP contribution in [0.1, 0.15) is 45.9 Å². The molecule has 1 aliphatic rings. The van der Waals surface area contributed by atoms with Crippen LogP contribution in [0.3, 0.4) is 0 Å². The Morgan fingerprint density at radius 3 is 2.85 bits per heavy atom. The summed E-state index contributed by atoms with van der Waals surface area (Å²) in [6.07, 6.45) is 1.67. The second kappa shape index (κ2) is 7.79. The highest BCUT2D eigenvalue weighted by molar-refractivity contribution is 7.91. The summed E-state index contributed by atoms with van der Waals surface area (Å²) < 4.78 is 43.3. The third-order valence-corrected chi connectivity index (χ3v) is 7.38. The standard InChI is InChI=1S/C17H20FN3O3S2/c1-2-5-14-16(25-20-19-14)17(22)21-9-8-15(26(23,24)11-10-21)12-6-3-4-7-13(12)18/h3-4,6-7,15H,2,5,8-11H2,1H3/t15-/m1/s1. The summed E-state index contributed by atoms with van der Waals surface area (Å²) >= 11 is 1.04. The number of aryl methyl sites for hydroxylation is 1. The summed E-state index contributed by atoms with van der Waals surface area (Å²) in [6, 6.07) is 5.92. The molecule has 1 aliphatic heterocycles. The number of sulfone groups is 1. The van der Waals surface area contributed by atoms with Crippen molar-refractivity contribution in [1.82, 2.24) is 14.5 Å². The smallest absolute Gasteiger partial charge is 0.267 e. The van der Waals surface area contributed by atoms with Gasteiger partial charge in [-0.05, 0) is 30.4 Å². The molecular weight excluding hydrogens is 377 g/mol. The molecule has 1 atom stereocenters. The van der Waals surface area contributed by atoms with Crippen LogP contribution in [0.5, 0.6) is 0 Å². The largest absolute Gasteiger partial charge is 0.337 e. The van der Waals surface area contributed by atoms with Gasteiger partial charge < -0.3 is 4.90 Å². The maximum atomic E-state index is 14.1. The number of amides is 1. The molecule has 2 heterocycles. The SMILES string of the molecule is CCCc1nnsc1C(=O)N1CC[C@H](c2ccccc2F)S(=O)(=O)CC1. The van der Waals surface area contributed by atoms with Gasteiger partial charge >= 0.3 is 0 Å². The van der Waals surface area contributed by atoms with Crippen LogP contribution in [0.4, 0.5) is 4.39 Å². The summed E-state index contributed by atoms with van der Waals surface area (Å²) in [4.78, 5) is 14.8. The average Bonchev–Trinajstić information content (AvgIpc) is 3.00. The summed E-state index contributed by atoms with van der Waals surface area (Å²) in [5, 5.41) is 3.07. The number of hydrogen-bond acceptors (Lipinski definition) is 6. The molecule has 1 aromatic carbocycles. The van der Waals surface area contributed by atoms with E-state index < -0.39 is 20.9 Å². The fourth-order valence-electron chi connectivity index (χ4n) is 3.15. The van der Waals surface area contributed by atoms with Gasteiger partial charge in [0.1, 0.15) is 10.7 Å². The van der Waals surface area contributed by atoms with Crippen molar-refractivity contribution >= 4 is 27.3 Å².